The van der Waals surface area contributed by atoms with Crippen molar-refractivity contribution in [1.29, 1.82) is 0 Å². The Bertz CT molecular complexity index is 200. The lowest BCUT2D eigenvalue weighted by Gasteiger charge is -2.20. The van der Waals surface area contributed by atoms with Gasteiger partial charge in [-0.3, -0.25) is 4.79 Å². The topological polar surface area (TPSA) is 61.4 Å². The van der Waals surface area contributed by atoms with Gasteiger partial charge in [0.25, 0.3) is 0 Å². The Morgan fingerprint density at radius 2 is 1.94 bits per heavy atom. The number of hydrogen-bond acceptors (Lipinski definition) is 3. The molecule has 0 aliphatic rings. The highest BCUT2D eigenvalue weighted by atomic mass is 16.4. The number of hydrogen-bond donors (Lipinski definition) is 3. The molecule has 0 spiro atoms. The summed E-state index contributed by atoms with van der Waals surface area (Å²) >= 11 is 0. The van der Waals surface area contributed by atoms with Crippen molar-refractivity contribution in [2.75, 3.05) is 13.1 Å². The molecule has 3 N–H and O–H groups in total. The minimum atomic E-state index is -0.745. The molecule has 0 bridgehead atoms. The average molecular weight is 230 g/mol. The summed E-state index contributed by atoms with van der Waals surface area (Å²) < 4.78 is 0. The van der Waals surface area contributed by atoms with Gasteiger partial charge in [0, 0.05) is 5.54 Å². The SMILES string of the molecule is CCN[C@H](CCCCNC(C)(C)C)C(=O)O. The zero-order valence-electron chi connectivity index (χ0n) is 11.0. The van der Waals surface area contributed by atoms with Crippen LogP contribution in [0.25, 0.3) is 0 Å². The summed E-state index contributed by atoms with van der Waals surface area (Å²) in [5.74, 6) is -0.745. The highest BCUT2D eigenvalue weighted by Gasteiger charge is 2.15. The monoisotopic (exact) mass is 230 g/mol. The number of rotatable bonds is 8. The predicted molar refractivity (Wildman–Crippen MR) is 66.7 cm³/mol. The van der Waals surface area contributed by atoms with Gasteiger partial charge in [-0.05, 0) is 46.7 Å². The number of aliphatic carboxylic acids is 1. The minimum Gasteiger partial charge on any atom is -0.480 e. The highest BCUT2D eigenvalue weighted by molar-refractivity contribution is 5.73. The second-order valence-electron chi connectivity index (χ2n) is 5.12. The predicted octanol–water partition coefficient (Wildman–Crippen LogP) is 1.61. The molecule has 0 radical (unpaired) electrons. The lowest BCUT2D eigenvalue weighted by molar-refractivity contribution is -0.139. The molecule has 0 rings (SSSR count). The lowest BCUT2D eigenvalue weighted by Crippen LogP contribution is -2.38. The Kier molecular flexibility index (Phi) is 7.34. The number of carboxylic acids is 1. The van der Waals surface area contributed by atoms with E-state index in [-0.39, 0.29) is 11.6 Å². The van der Waals surface area contributed by atoms with Crippen molar-refractivity contribution in [2.45, 2.75) is 58.5 Å². The third-order valence-corrected chi connectivity index (χ3v) is 2.32. The molecule has 0 saturated carbocycles. The molecule has 0 aromatic rings. The molecule has 0 aliphatic carbocycles. The third-order valence-electron chi connectivity index (χ3n) is 2.32. The Morgan fingerprint density at radius 3 is 2.38 bits per heavy atom. The van der Waals surface area contributed by atoms with Crippen LogP contribution in [0.3, 0.4) is 0 Å². The maximum Gasteiger partial charge on any atom is 0.320 e. The highest BCUT2D eigenvalue weighted by Crippen LogP contribution is 2.03. The number of carbonyl (C=O) groups is 1. The molecule has 0 saturated heterocycles. The molecular formula is C12H26N2O2. The first-order valence-corrected chi connectivity index (χ1v) is 6.08. The summed E-state index contributed by atoms with van der Waals surface area (Å²) in [4.78, 5) is 10.8. The Labute approximate surface area is 98.8 Å². The zero-order valence-corrected chi connectivity index (χ0v) is 11.0. The van der Waals surface area contributed by atoms with E-state index in [9.17, 15) is 4.79 Å². The van der Waals surface area contributed by atoms with Gasteiger partial charge in [-0.25, -0.2) is 0 Å². The summed E-state index contributed by atoms with van der Waals surface area (Å²) in [5.41, 5.74) is 0.147. The van der Waals surface area contributed by atoms with E-state index in [1.165, 1.54) is 0 Å². The average Bonchev–Trinajstić information content (AvgIpc) is 2.13. The fourth-order valence-corrected chi connectivity index (χ4v) is 1.50. The van der Waals surface area contributed by atoms with Crippen molar-refractivity contribution in [2.24, 2.45) is 0 Å². The number of nitrogens with one attached hydrogen (secondary N) is 2. The van der Waals surface area contributed by atoms with E-state index in [0.29, 0.717) is 13.0 Å². The van der Waals surface area contributed by atoms with Gasteiger partial charge in [0.05, 0.1) is 0 Å². The normalized spacial score (nSPS) is 13.8. The van der Waals surface area contributed by atoms with E-state index in [1.54, 1.807) is 0 Å². The van der Waals surface area contributed by atoms with Crippen LogP contribution in [0.2, 0.25) is 0 Å². The van der Waals surface area contributed by atoms with Crippen molar-refractivity contribution in [3.8, 4) is 0 Å². The van der Waals surface area contributed by atoms with Gasteiger partial charge in [0.2, 0.25) is 0 Å². The summed E-state index contributed by atoms with van der Waals surface area (Å²) in [6.07, 6.45) is 2.66. The van der Waals surface area contributed by atoms with Crippen molar-refractivity contribution in [3.63, 3.8) is 0 Å². The van der Waals surface area contributed by atoms with Crippen LogP contribution in [0.15, 0.2) is 0 Å². The van der Waals surface area contributed by atoms with E-state index < -0.39 is 5.97 Å². The van der Waals surface area contributed by atoms with E-state index in [2.05, 4.69) is 31.4 Å². The van der Waals surface area contributed by atoms with Crippen LogP contribution >= 0.6 is 0 Å². The van der Waals surface area contributed by atoms with Crippen LogP contribution in [0, 0.1) is 0 Å². The number of likely N-dealkylation sites (N-methyl/N-ethyl adjacent to an activating group) is 1. The van der Waals surface area contributed by atoms with Crippen LogP contribution in [-0.2, 0) is 4.79 Å². The van der Waals surface area contributed by atoms with Crippen molar-refractivity contribution < 1.29 is 9.90 Å². The smallest absolute Gasteiger partial charge is 0.320 e. The molecule has 4 nitrogen and oxygen atoms in total. The van der Waals surface area contributed by atoms with E-state index in [4.69, 9.17) is 5.11 Å². The van der Waals surface area contributed by atoms with Crippen LogP contribution in [0.4, 0.5) is 0 Å². The molecule has 0 aromatic heterocycles. The van der Waals surface area contributed by atoms with Crippen molar-refractivity contribution >= 4 is 5.97 Å². The van der Waals surface area contributed by atoms with Gasteiger partial charge in [-0.1, -0.05) is 13.3 Å². The van der Waals surface area contributed by atoms with Crippen LogP contribution in [0.5, 0.6) is 0 Å². The quantitative estimate of drug-likeness (QED) is 0.554. The Balaban J connectivity index is 3.59. The van der Waals surface area contributed by atoms with Gasteiger partial charge in [0.15, 0.2) is 0 Å². The molecule has 0 aromatic carbocycles. The molecule has 4 heteroatoms. The van der Waals surface area contributed by atoms with Gasteiger partial charge < -0.3 is 15.7 Å². The summed E-state index contributed by atoms with van der Waals surface area (Å²) in [7, 11) is 0. The van der Waals surface area contributed by atoms with Crippen LogP contribution in [-0.4, -0.2) is 35.7 Å². The first-order valence-electron chi connectivity index (χ1n) is 6.08. The minimum absolute atomic E-state index is 0.147. The molecule has 0 unspecified atom stereocenters. The number of carboxylic acid groups (broad SMARTS) is 1. The standard InChI is InChI=1S/C12H26N2O2/c1-5-13-10(11(15)16)8-6-7-9-14-12(2,3)4/h10,13-14H,5-9H2,1-4H3,(H,15,16)/t10-/m1/s1. The molecule has 0 fully saturated rings. The largest absolute Gasteiger partial charge is 0.480 e. The molecule has 0 heterocycles. The Hall–Kier alpha value is -0.610. The maximum atomic E-state index is 10.8. The van der Waals surface area contributed by atoms with Gasteiger partial charge in [-0.15, -0.1) is 0 Å². The van der Waals surface area contributed by atoms with Crippen LogP contribution < -0.4 is 10.6 Å². The summed E-state index contributed by atoms with van der Waals surface area (Å²) in [5, 5.41) is 15.3. The summed E-state index contributed by atoms with van der Waals surface area (Å²) in [6, 6.07) is -0.389. The second kappa shape index (κ2) is 7.63. The third kappa shape index (κ3) is 8.68. The molecule has 0 amide bonds. The maximum absolute atomic E-state index is 10.8. The fraction of sp³-hybridized carbons (Fsp3) is 0.917. The van der Waals surface area contributed by atoms with E-state index in [0.717, 1.165) is 19.4 Å². The number of unbranched alkanes of at least 4 members (excludes halogenated alkanes) is 1. The van der Waals surface area contributed by atoms with E-state index >= 15 is 0 Å². The molecule has 16 heavy (non-hydrogen) atoms. The van der Waals surface area contributed by atoms with Crippen LogP contribution in [0.1, 0.15) is 47.0 Å². The molecule has 1 atom stereocenters. The van der Waals surface area contributed by atoms with Gasteiger partial charge in [0.1, 0.15) is 6.04 Å². The van der Waals surface area contributed by atoms with E-state index in [1.807, 2.05) is 6.92 Å². The zero-order chi connectivity index (χ0) is 12.6. The lowest BCUT2D eigenvalue weighted by atomic mass is 10.1. The second-order valence-corrected chi connectivity index (χ2v) is 5.12. The Morgan fingerprint density at radius 1 is 1.31 bits per heavy atom. The summed E-state index contributed by atoms with van der Waals surface area (Å²) in [6.45, 7) is 9.97. The van der Waals surface area contributed by atoms with Gasteiger partial charge >= 0.3 is 5.97 Å². The molecule has 96 valence electrons. The first-order chi connectivity index (χ1) is 7.37. The molecular weight excluding hydrogens is 204 g/mol. The van der Waals surface area contributed by atoms with Gasteiger partial charge in [-0.2, -0.15) is 0 Å². The van der Waals surface area contributed by atoms with Crippen molar-refractivity contribution in [1.82, 2.24) is 10.6 Å². The fourth-order valence-electron chi connectivity index (χ4n) is 1.50. The molecule has 0 aliphatic heterocycles. The first kappa shape index (κ1) is 15.4. The van der Waals surface area contributed by atoms with Crippen molar-refractivity contribution in [3.05, 3.63) is 0 Å².